The number of benzene rings is 2. The molecule has 2 aromatic carbocycles. The Kier molecular flexibility index (Phi) is 6.45. The molecule has 3 rings (SSSR count). The van der Waals surface area contributed by atoms with Gasteiger partial charge in [0.2, 0.25) is 0 Å². The monoisotopic (exact) mass is 379 g/mol. The number of carbonyl (C=O) groups excluding carboxylic acids is 2. The molecule has 28 heavy (non-hydrogen) atoms. The topological polar surface area (TPSA) is 61.9 Å². The number of carbonyl (C=O) groups is 2. The number of ether oxygens (including phenoxy) is 1. The van der Waals surface area contributed by atoms with E-state index in [0.29, 0.717) is 24.4 Å². The lowest BCUT2D eigenvalue weighted by Gasteiger charge is -2.33. The minimum Gasteiger partial charge on any atom is -0.496 e. The van der Waals surface area contributed by atoms with Gasteiger partial charge in [-0.05, 0) is 31.3 Å². The Hall–Kier alpha value is -3.12. The van der Waals surface area contributed by atoms with Gasteiger partial charge in [-0.15, -0.1) is 0 Å². The van der Waals surface area contributed by atoms with Crippen molar-refractivity contribution in [1.29, 1.82) is 0 Å². The zero-order valence-electron chi connectivity index (χ0n) is 16.2. The maximum atomic E-state index is 13.2. The highest BCUT2D eigenvalue weighted by atomic mass is 16.5. The van der Waals surface area contributed by atoms with Crippen LogP contribution < -0.4 is 10.1 Å². The Labute approximate surface area is 165 Å². The molecule has 1 heterocycles. The molecule has 0 aliphatic carbocycles. The number of hydrogen-bond donors (Lipinski definition) is 1. The molecule has 0 radical (unpaired) electrons. The number of hydrogen-bond acceptors (Lipinski definition) is 4. The second-order valence-electron chi connectivity index (χ2n) is 6.72. The first-order valence-electron chi connectivity index (χ1n) is 9.27. The quantitative estimate of drug-likeness (QED) is 0.810. The van der Waals surface area contributed by atoms with E-state index in [1.807, 2.05) is 37.4 Å². The van der Waals surface area contributed by atoms with Crippen LogP contribution in [-0.2, 0) is 4.79 Å². The molecule has 6 nitrogen and oxygen atoms in total. The lowest BCUT2D eigenvalue weighted by atomic mass is 10.1. The third kappa shape index (κ3) is 4.78. The van der Waals surface area contributed by atoms with Crippen LogP contribution in [0.2, 0.25) is 0 Å². The Morgan fingerprint density at radius 3 is 2.29 bits per heavy atom. The van der Waals surface area contributed by atoms with Gasteiger partial charge in [0.05, 0.1) is 7.11 Å². The van der Waals surface area contributed by atoms with Crippen molar-refractivity contribution in [3.63, 3.8) is 0 Å². The van der Waals surface area contributed by atoms with Gasteiger partial charge in [0.15, 0.2) is 0 Å². The van der Waals surface area contributed by atoms with E-state index >= 15 is 0 Å². The minimum absolute atomic E-state index is 0.191. The predicted molar refractivity (Wildman–Crippen MR) is 109 cm³/mol. The molecule has 6 heteroatoms. The SMILES string of the molecule is COc1ccccc1/C=C(\NC(=O)c1ccccc1)C(=O)N1CCN(C)CC1. The van der Waals surface area contributed by atoms with Crippen LogP contribution in [0.1, 0.15) is 15.9 Å². The van der Waals surface area contributed by atoms with Crippen LogP contribution in [0.15, 0.2) is 60.3 Å². The van der Waals surface area contributed by atoms with E-state index in [1.165, 1.54) is 0 Å². The van der Waals surface area contributed by atoms with Crippen molar-refractivity contribution in [1.82, 2.24) is 15.1 Å². The van der Waals surface area contributed by atoms with E-state index in [-0.39, 0.29) is 17.5 Å². The van der Waals surface area contributed by atoms with Gasteiger partial charge in [-0.1, -0.05) is 36.4 Å². The van der Waals surface area contributed by atoms with Gasteiger partial charge in [0, 0.05) is 37.3 Å². The fraction of sp³-hybridized carbons (Fsp3) is 0.273. The number of nitrogens with zero attached hydrogens (tertiary/aromatic N) is 2. The molecule has 0 spiro atoms. The summed E-state index contributed by atoms with van der Waals surface area (Å²) in [5, 5.41) is 2.80. The van der Waals surface area contributed by atoms with E-state index in [0.717, 1.165) is 18.7 Å². The van der Waals surface area contributed by atoms with Gasteiger partial charge in [-0.2, -0.15) is 0 Å². The third-order valence-electron chi connectivity index (χ3n) is 4.74. The molecule has 0 bridgehead atoms. The number of nitrogens with one attached hydrogen (secondary N) is 1. The molecule has 2 amide bonds. The standard InChI is InChI=1S/C22H25N3O3/c1-24-12-14-25(15-13-24)22(27)19(16-18-10-6-7-11-20(18)28-2)23-21(26)17-8-4-3-5-9-17/h3-11,16H,12-15H2,1-2H3,(H,23,26)/b19-16-. The highest BCUT2D eigenvalue weighted by Gasteiger charge is 2.24. The van der Waals surface area contributed by atoms with Gasteiger partial charge in [0.1, 0.15) is 11.4 Å². The number of amides is 2. The number of para-hydroxylation sites is 1. The highest BCUT2D eigenvalue weighted by Crippen LogP contribution is 2.21. The number of piperazine rings is 1. The molecule has 1 fully saturated rings. The number of rotatable bonds is 5. The summed E-state index contributed by atoms with van der Waals surface area (Å²) in [5.74, 6) is 0.132. The summed E-state index contributed by atoms with van der Waals surface area (Å²) in [7, 11) is 3.61. The zero-order valence-corrected chi connectivity index (χ0v) is 16.2. The lowest BCUT2D eigenvalue weighted by molar-refractivity contribution is -0.128. The third-order valence-corrected chi connectivity index (χ3v) is 4.74. The molecule has 2 aromatic rings. The molecule has 1 aliphatic rings. The van der Waals surface area contributed by atoms with E-state index < -0.39 is 0 Å². The average molecular weight is 379 g/mol. The summed E-state index contributed by atoms with van der Waals surface area (Å²) in [6.45, 7) is 2.86. The molecule has 1 N–H and O–H groups in total. The van der Waals surface area contributed by atoms with Gasteiger partial charge in [0.25, 0.3) is 11.8 Å². The maximum absolute atomic E-state index is 13.2. The number of methoxy groups -OCH3 is 1. The second-order valence-corrected chi connectivity index (χ2v) is 6.72. The molecule has 1 saturated heterocycles. The van der Waals surface area contributed by atoms with Crippen molar-refractivity contribution in [3.05, 3.63) is 71.4 Å². The van der Waals surface area contributed by atoms with Gasteiger partial charge >= 0.3 is 0 Å². The molecule has 0 aromatic heterocycles. The van der Waals surface area contributed by atoms with Crippen LogP contribution in [0.4, 0.5) is 0 Å². The maximum Gasteiger partial charge on any atom is 0.270 e. The molecular weight excluding hydrogens is 354 g/mol. The molecule has 146 valence electrons. The minimum atomic E-state index is -0.316. The van der Waals surface area contributed by atoms with Crippen LogP contribution in [0, 0.1) is 0 Å². The van der Waals surface area contributed by atoms with E-state index in [1.54, 1.807) is 42.4 Å². The first-order chi connectivity index (χ1) is 13.6. The normalized spacial score (nSPS) is 15.2. The lowest BCUT2D eigenvalue weighted by Crippen LogP contribution is -2.49. The summed E-state index contributed by atoms with van der Waals surface area (Å²) >= 11 is 0. The van der Waals surface area contributed by atoms with Crippen molar-refractivity contribution >= 4 is 17.9 Å². The fourth-order valence-corrected chi connectivity index (χ4v) is 3.06. The van der Waals surface area contributed by atoms with Gasteiger partial charge < -0.3 is 19.9 Å². The Morgan fingerprint density at radius 2 is 1.61 bits per heavy atom. The smallest absolute Gasteiger partial charge is 0.270 e. The van der Waals surface area contributed by atoms with Gasteiger partial charge in [-0.25, -0.2) is 0 Å². The summed E-state index contributed by atoms with van der Waals surface area (Å²) < 4.78 is 5.39. The zero-order chi connectivity index (χ0) is 19.9. The summed E-state index contributed by atoms with van der Waals surface area (Å²) in [6.07, 6.45) is 1.68. The molecule has 0 atom stereocenters. The molecule has 0 unspecified atom stereocenters. The van der Waals surface area contributed by atoms with E-state index in [9.17, 15) is 9.59 Å². The van der Waals surface area contributed by atoms with E-state index in [4.69, 9.17) is 4.74 Å². The summed E-state index contributed by atoms with van der Waals surface area (Å²) in [5.41, 5.74) is 1.47. The van der Waals surface area contributed by atoms with Crippen molar-refractivity contribution in [2.75, 3.05) is 40.3 Å². The fourth-order valence-electron chi connectivity index (χ4n) is 3.06. The van der Waals surface area contributed by atoms with Crippen LogP contribution in [0.25, 0.3) is 6.08 Å². The molecule has 0 saturated carbocycles. The summed E-state index contributed by atoms with van der Waals surface area (Å²) in [4.78, 5) is 29.8. The van der Waals surface area contributed by atoms with Crippen molar-refractivity contribution in [2.45, 2.75) is 0 Å². The van der Waals surface area contributed by atoms with Gasteiger partial charge in [-0.3, -0.25) is 9.59 Å². The first-order valence-corrected chi connectivity index (χ1v) is 9.27. The highest BCUT2D eigenvalue weighted by molar-refractivity contribution is 6.05. The first kappa shape index (κ1) is 19.6. The Bertz CT molecular complexity index is 856. The van der Waals surface area contributed by atoms with Crippen LogP contribution in [-0.4, -0.2) is 62.0 Å². The Balaban J connectivity index is 1.90. The Morgan fingerprint density at radius 1 is 0.964 bits per heavy atom. The second kappa shape index (κ2) is 9.19. The number of likely N-dealkylation sites (N-methyl/N-ethyl adjacent to an activating group) is 1. The summed E-state index contributed by atoms with van der Waals surface area (Å²) in [6, 6.07) is 16.3. The molecular formula is C22H25N3O3. The van der Waals surface area contributed by atoms with Crippen LogP contribution in [0.5, 0.6) is 5.75 Å². The van der Waals surface area contributed by atoms with Crippen molar-refractivity contribution in [2.24, 2.45) is 0 Å². The van der Waals surface area contributed by atoms with Crippen LogP contribution >= 0.6 is 0 Å². The molecule has 1 aliphatic heterocycles. The van der Waals surface area contributed by atoms with Crippen molar-refractivity contribution < 1.29 is 14.3 Å². The van der Waals surface area contributed by atoms with E-state index in [2.05, 4.69) is 10.2 Å². The average Bonchev–Trinajstić information content (AvgIpc) is 2.74. The van der Waals surface area contributed by atoms with Crippen LogP contribution in [0.3, 0.4) is 0 Å². The predicted octanol–water partition coefficient (Wildman–Crippen LogP) is 2.24. The van der Waals surface area contributed by atoms with Crippen molar-refractivity contribution in [3.8, 4) is 5.75 Å². The largest absolute Gasteiger partial charge is 0.496 e.